The van der Waals surface area contributed by atoms with Gasteiger partial charge in [0.05, 0.1) is 10.0 Å². The summed E-state index contributed by atoms with van der Waals surface area (Å²) in [5.74, 6) is 0.650. The molecule has 0 unspecified atom stereocenters. The van der Waals surface area contributed by atoms with Gasteiger partial charge in [-0.2, -0.15) is 0 Å². The van der Waals surface area contributed by atoms with Gasteiger partial charge in [0.1, 0.15) is 17.4 Å². The number of carbonyl (C=O) groups is 1. The molecule has 182 valence electrons. The molecule has 1 heterocycles. The first kappa shape index (κ1) is 24.8. The fourth-order valence-electron chi connectivity index (χ4n) is 4.18. The predicted molar refractivity (Wildman–Crippen MR) is 153 cm³/mol. The van der Waals surface area contributed by atoms with Crippen LogP contribution in [0.15, 0.2) is 82.3 Å². The molecule has 7 heteroatoms. The Balaban J connectivity index is 1.34. The molecule has 5 rings (SSSR count). The van der Waals surface area contributed by atoms with Gasteiger partial charge in [0.2, 0.25) is 0 Å². The summed E-state index contributed by atoms with van der Waals surface area (Å²) in [4.78, 5) is 19.3. The van der Waals surface area contributed by atoms with Crippen molar-refractivity contribution in [2.75, 3.05) is 5.32 Å². The highest BCUT2D eigenvalue weighted by Crippen LogP contribution is 2.40. The number of fused-ring (bicyclic) bond motifs is 1. The van der Waals surface area contributed by atoms with Crippen molar-refractivity contribution >= 4 is 61.7 Å². The first-order valence-corrected chi connectivity index (χ1v) is 13.8. The number of anilines is 1. The normalized spacial score (nSPS) is 12.9. The maximum Gasteiger partial charge on any atom is 0.259 e. The monoisotopic (exact) mass is 578 g/mol. The minimum Gasteiger partial charge on any atom is -0.488 e. The summed E-state index contributed by atoms with van der Waals surface area (Å²) < 4.78 is 6.80. The molecule has 0 atom stereocenters. The largest absolute Gasteiger partial charge is 0.488 e. The number of hydrogen-bond donors (Lipinski definition) is 1. The Hall–Kier alpha value is -2.93. The van der Waals surface area contributed by atoms with Crippen LogP contribution in [-0.2, 0) is 19.4 Å². The van der Waals surface area contributed by atoms with Crippen molar-refractivity contribution in [3.05, 3.63) is 109 Å². The van der Waals surface area contributed by atoms with Gasteiger partial charge in [0, 0.05) is 21.8 Å². The standard InChI is InChI=1S/C29H24BrClN2O2S/c30-24-16-20(12-15-25(24)35-18-19-10-13-21(31)14-11-19)17-32-29-27(23-8-4-5-9-26(23)36-29)28(34)33-22-6-2-1-3-7-22/h1-3,6-7,10-17H,4-5,8-9,18H2,(H,33,34). The summed E-state index contributed by atoms with van der Waals surface area (Å²) in [5, 5.41) is 4.51. The fraction of sp³-hybridized carbons (Fsp3) is 0.172. The molecule has 1 aromatic heterocycles. The van der Waals surface area contributed by atoms with Crippen molar-refractivity contribution in [2.24, 2.45) is 4.99 Å². The minimum atomic E-state index is -0.0973. The predicted octanol–water partition coefficient (Wildman–Crippen LogP) is 8.62. The van der Waals surface area contributed by atoms with E-state index in [-0.39, 0.29) is 5.91 Å². The Labute approximate surface area is 228 Å². The lowest BCUT2D eigenvalue weighted by molar-refractivity contribution is 0.102. The zero-order valence-corrected chi connectivity index (χ0v) is 22.6. The van der Waals surface area contributed by atoms with Crippen molar-refractivity contribution in [1.82, 2.24) is 0 Å². The maximum absolute atomic E-state index is 13.3. The van der Waals surface area contributed by atoms with Crippen molar-refractivity contribution in [2.45, 2.75) is 32.3 Å². The van der Waals surface area contributed by atoms with Crippen LogP contribution in [0.25, 0.3) is 0 Å². The van der Waals surface area contributed by atoms with Crippen molar-refractivity contribution in [1.29, 1.82) is 0 Å². The van der Waals surface area contributed by atoms with E-state index in [2.05, 4.69) is 21.2 Å². The fourth-order valence-corrected chi connectivity index (χ4v) is 6.05. The van der Waals surface area contributed by atoms with Gasteiger partial charge >= 0.3 is 0 Å². The van der Waals surface area contributed by atoms with Gasteiger partial charge in [-0.05, 0) is 101 Å². The third-order valence-corrected chi connectivity index (χ3v) is 8.08. The summed E-state index contributed by atoms with van der Waals surface area (Å²) >= 11 is 11.2. The number of thiophene rings is 1. The summed E-state index contributed by atoms with van der Waals surface area (Å²) in [6, 6.07) is 23.0. The third kappa shape index (κ3) is 5.89. The number of rotatable bonds is 7. The van der Waals surface area contributed by atoms with Crippen molar-refractivity contribution < 1.29 is 9.53 Å². The number of hydrogen-bond acceptors (Lipinski definition) is 4. The van der Waals surface area contributed by atoms with Crippen LogP contribution in [-0.4, -0.2) is 12.1 Å². The number of ether oxygens (including phenoxy) is 1. The molecule has 0 radical (unpaired) electrons. The number of aliphatic imine (C=N–C) groups is 1. The van der Waals surface area contributed by atoms with Crippen LogP contribution in [0.1, 0.15) is 44.8 Å². The zero-order chi connectivity index (χ0) is 24.9. The van der Waals surface area contributed by atoms with Crippen LogP contribution >= 0.6 is 38.9 Å². The van der Waals surface area contributed by atoms with E-state index in [0.717, 1.165) is 63.3 Å². The molecule has 0 saturated heterocycles. The van der Waals surface area contributed by atoms with Gasteiger partial charge in [-0.15, -0.1) is 11.3 Å². The molecule has 1 N–H and O–H groups in total. The zero-order valence-electron chi connectivity index (χ0n) is 19.5. The maximum atomic E-state index is 13.3. The smallest absolute Gasteiger partial charge is 0.259 e. The molecule has 0 fully saturated rings. The van der Waals surface area contributed by atoms with Crippen LogP contribution < -0.4 is 10.1 Å². The van der Waals surface area contributed by atoms with Crippen molar-refractivity contribution in [3.8, 4) is 5.75 Å². The van der Waals surface area contributed by atoms with Crippen LogP contribution in [0, 0.1) is 0 Å². The molecule has 1 amide bonds. The van der Waals surface area contributed by atoms with Crippen LogP contribution in [0.4, 0.5) is 10.7 Å². The van der Waals surface area contributed by atoms with Gasteiger partial charge < -0.3 is 10.1 Å². The van der Waals surface area contributed by atoms with Crippen molar-refractivity contribution in [3.63, 3.8) is 0 Å². The van der Waals surface area contributed by atoms with Gasteiger partial charge in [-0.3, -0.25) is 4.79 Å². The molecule has 3 aromatic carbocycles. The number of aryl methyl sites for hydroxylation is 1. The Morgan fingerprint density at radius 3 is 2.61 bits per heavy atom. The van der Waals surface area contributed by atoms with E-state index >= 15 is 0 Å². The topological polar surface area (TPSA) is 50.7 Å². The number of nitrogens with zero attached hydrogens (tertiary/aromatic N) is 1. The number of halogens is 2. The second-order valence-corrected chi connectivity index (χ2v) is 10.9. The molecule has 1 aliphatic rings. The van der Waals surface area contributed by atoms with Gasteiger partial charge in [-0.25, -0.2) is 4.99 Å². The Kier molecular flexibility index (Phi) is 7.85. The Morgan fingerprint density at radius 2 is 1.83 bits per heavy atom. The Morgan fingerprint density at radius 1 is 1.06 bits per heavy atom. The SMILES string of the molecule is O=C(Nc1ccccc1)c1c(N=Cc2ccc(OCc3ccc(Cl)cc3)c(Br)c2)sc2c1CCCC2. The highest BCUT2D eigenvalue weighted by atomic mass is 79.9. The molecule has 0 bridgehead atoms. The lowest BCUT2D eigenvalue weighted by Gasteiger charge is -2.12. The van der Waals surface area contributed by atoms with E-state index in [1.807, 2.05) is 79.0 Å². The summed E-state index contributed by atoms with van der Waals surface area (Å²) in [6.45, 7) is 0.448. The quantitative estimate of drug-likeness (QED) is 0.223. The highest BCUT2D eigenvalue weighted by molar-refractivity contribution is 9.10. The molecule has 0 saturated carbocycles. The van der Waals surface area contributed by atoms with E-state index in [1.54, 1.807) is 11.3 Å². The minimum absolute atomic E-state index is 0.0973. The van der Waals surface area contributed by atoms with Gasteiger partial charge in [0.15, 0.2) is 0 Å². The highest BCUT2D eigenvalue weighted by Gasteiger charge is 2.25. The summed E-state index contributed by atoms with van der Waals surface area (Å²) in [7, 11) is 0. The molecular formula is C29H24BrClN2O2S. The van der Waals surface area contributed by atoms with Crippen LogP contribution in [0.2, 0.25) is 5.02 Å². The first-order chi connectivity index (χ1) is 17.6. The number of carbonyl (C=O) groups excluding carboxylic acids is 1. The average Bonchev–Trinajstić information content (AvgIpc) is 3.27. The number of amides is 1. The van der Waals surface area contributed by atoms with E-state index in [0.29, 0.717) is 17.2 Å². The van der Waals surface area contributed by atoms with Crippen LogP contribution in [0.3, 0.4) is 0 Å². The molecule has 4 aromatic rings. The van der Waals surface area contributed by atoms with Gasteiger partial charge in [-0.1, -0.05) is 41.9 Å². The molecule has 0 aliphatic heterocycles. The molecule has 4 nitrogen and oxygen atoms in total. The van der Waals surface area contributed by atoms with E-state index in [1.165, 1.54) is 4.88 Å². The number of benzene rings is 3. The second kappa shape index (κ2) is 11.4. The van der Waals surface area contributed by atoms with E-state index < -0.39 is 0 Å². The van der Waals surface area contributed by atoms with Gasteiger partial charge in [0.25, 0.3) is 5.91 Å². The Bertz CT molecular complexity index is 1400. The molecular weight excluding hydrogens is 556 g/mol. The summed E-state index contributed by atoms with van der Waals surface area (Å²) in [6.07, 6.45) is 5.99. The second-order valence-electron chi connectivity index (χ2n) is 8.57. The van der Waals surface area contributed by atoms with E-state index in [4.69, 9.17) is 21.3 Å². The summed E-state index contributed by atoms with van der Waals surface area (Å²) in [5.41, 5.74) is 4.60. The third-order valence-electron chi connectivity index (χ3n) is 6.01. The molecule has 1 aliphatic carbocycles. The van der Waals surface area contributed by atoms with E-state index in [9.17, 15) is 4.79 Å². The lowest BCUT2D eigenvalue weighted by atomic mass is 9.95. The van der Waals surface area contributed by atoms with Crippen LogP contribution in [0.5, 0.6) is 5.75 Å². The number of para-hydroxylation sites is 1. The first-order valence-electron chi connectivity index (χ1n) is 11.8. The average molecular weight is 580 g/mol. The number of nitrogens with one attached hydrogen (secondary N) is 1. The molecule has 0 spiro atoms. The lowest BCUT2D eigenvalue weighted by Crippen LogP contribution is -2.14. The molecule has 36 heavy (non-hydrogen) atoms.